The third kappa shape index (κ3) is 3.37. The molecule has 1 fully saturated rings. The first-order valence-corrected chi connectivity index (χ1v) is 11.0. The number of rotatable bonds is 4. The number of alkyl halides is 1. The normalized spacial score (nSPS) is 31.1. The van der Waals surface area contributed by atoms with Crippen molar-refractivity contribution in [2.45, 2.75) is 57.5 Å². The van der Waals surface area contributed by atoms with E-state index in [1.165, 1.54) is 19.2 Å². The fourth-order valence-corrected chi connectivity index (χ4v) is 4.36. The highest BCUT2D eigenvalue weighted by Crippen LogP contribution is 2.41. The van der Waals surface area contributed by atoms with Gasteiger partial charge in [-0.2, -0.15) is 0 Å². The van der Waals surface area contributed by atoms with Crippen molar-refractivity contribution in [2.75, 3.05) is 0 Å². The monoisotopic (exact) mass is 356 g/mol. The Morgan fingerprint density at radius 1 is 1.46 bits per heavy atom. The third-order valence-electron chi connectivity index (χ3n) is 3.99. The van der Waals surface area contributed by atoms with Crippen molar-refractivity contribution in [3.05, 3.63) is 34.1 Å². The highest BCUT2D eigenvalue weighted by molar-refractivity contribution is 6.70. The Bertz CT molecular complexity index is 666. The van der Waals surface area contributed by atoms with Crippen molar-refractivity contribution in [2.24, 2.45) is 0 Å². The van der Waals surface area contributed by atoms with Crippen LogP contribution in [0, 0.1) is 10.1 Å². The summed E-state index contributed by atoms with van der Waals surface area (Å²) in [5.41, 5.74) is -1.79. The van der Waals surface area contributed by atoms with Crippen molar-refractivity contribution in [3.63, 3.8) is 0 Å². The molecule has 132 valence electrons. The smallest absolute Gasteiger partial charge is 0.293 e. The van der Waals surface area contributed by atoms with Crippen LogP contribution in [0.2, 0.25) is 19.6 Å². The molecule has 0 saturated carbocycles. The van der Waals surface area contributed by atoms with Gasteiger partial charge in [0.2, 0.25) is 5.78 Å². The molecule has 0 bridgehead atoms. The van der Waals surface area contributed by atoms with Crippen molar-refractivity contribution in [1.29, 1.82) is 0 Å². The molecule has 4 atom stereocenters. The van der Waals surface area contributed by atoms with Crippen LogP contribution in [0.5, 0.6) is 0 Å². The van der Waals surface area contributed by atoms with Gasteiger partial charge in [-0.25, -0.2) is 4.39 Å². The van der Waals surface area contributed by atoms with Crippen LogP contribution >= 0.6 is 0 Å². The Hall–Kier alpha value is -1.71. The molecule has 7 nitrogen and oxygen atoms in total. The average molecular weight is 356 g/mol. The van der Waals surface area contributed by atoms with Crippen LogP contribution in [0.25, 0.3) is 0 Å². The lowest BCUT2D eigenvalue weighted by atomic mass is 9.85. The summed E-state index contributed by atoms with van der Waals surface area (Å²) in [5.74, 6) is -0.750. The molecule has 1 saturated heterocycles. The summed E-state index contributed by atoms with van der Waals surface area (Å²) in [5, 5.41) is 11.1. The number of carbonyl (C=O) groups excluding carboxylic acids is 1. The number of halogens is 1. The first-order chi connectivity index (χ1) is 11.0. The standard InChI is InChI=1S/C15H21FN2O5Si/c1-9-15(2,23-24(3,4)5)14(19)12(16)13(22-9)10-6-7-17-8-11(10)18(20)21/h6-9,12-13H,1-5H3. The molecule has 0 aliphatic carbocycles. The van der Waals surface area contributed by atoms with E-state index in [9.17, 15) is 19.3 Å². The van der Waals surface area contributed by atoms with E-state index in [1.807, 2.05) is 19.6 Å². The quantitative estimate of drug-likeness (QED) is 0.468. The molecule has 9 heteroatoms. The lowest BCUT2D eigenvalue weighted by Crippen LogP contribution is -2.61. The molecule has 1 aromatic heterocycles. The van der Waals surface area contributed by atoms with Gasteiger partial charge in [-0.05, 0) is 39.6 Å². The Morgan fingerprint density at radius 3 is 2.62 bits per heavy atom. The topological polar surface area (TPSA) is 91.6 Å². The zero-order valence-corrected chi connectivity index (χ0v) is 15.3. The van der Waals surface area contributed by atoms with E-state index in [-0.39, 0.29) is 11.3 Å². The largest absolute Gasteiger partial charge is 0.403 e. The molecule has 2 heterocycles. The SMILES string of the molecule is CC1OC(c2ccncc2[N+](=O)[O-])C(F)C(=O)C1(C)O[Si](C)(C)C. The molecule has 1 aliphatic heterocycles. The number of ether oxygens (including phenoxy) is 1. The molecule has 24 heavy (non-hydrogen) atoms. The van der Waals surface area contributed by atoms with Crippen LogP contribution in [0.3, 0.4) is 0 Å². The molecule has 0 spiro atoms. The molecule has 2 rings (SSSR count). The highest BCUT2D eigenvalue weighted by atomic mass is 28.4. The van der Waals surface area contributed by atoms with Crippen LogP contribution in [-0.2, 0) is 14.0 Å². The van der Waals surface area contributed by atoms with Crippen molar-refractivity contribution in [3.8, 4) is 0 Å². The zero-order valence-electron chi connectivity index (χ0n) is 14.3. The predicted molar refractivity (Wildman–Crippen MR) is 86.9 cm³/mol. The second-order valence-corrected chi connectivity index (χ2v) is 11.4. The molecular weight excluding hydrogens is 335 g/mol. The van der Waals surface area contributed by atoms with E-state index >= 15 is 0 Å². The lowest BCUT2D eigenvalue weighted by molar-refractivity contribution is -0.386. The highest BCUT2D eigenvalue weighted by Gasteiger charge is 2.55. The maximum absolute atomic E-state index is 14.8. The van der Waals surface area contributed by atoms with E-state index in [0.717, 1.165) is 6.20 Å². The number of hydrogen-bond acceptors (Lipinski definition) is 6. The van der Waals surface area contributed by atoms with Crippen molar-refractivity contribution in [1.82, 2.24) is 4.98 Å². The summed E-state index contributed by atoms with van der Waals surface area (Å²) in [6, 6.07) is 1.30. The van der Waals surface area contributed by atoms with Gasteiger partial charge < -0.3 is 9.16 Å². The van der Waals surface area contributed by atoms with Crippen LogP contribution in [0.1, 0.15) is 25.5 Å². The van der Waals surface area contributed by atoms with Gasteiger partial charge in [0.15, 0.2) is 14.5 Å². The summed E-state index contributed by atoms with van der Waals surface area (Å²) < 4.78 is 26.4. The number of carbonyl (C=O) groups is 1. The van der Waals surface area contributed by atoms with Crippen molar-refractivity contribution >= 4 is 19.8 Å². The number of nitrogens with zero attached hydrogens (tertiary/aromatic N) is 2. The van der Waals surface area contributed by atoms with Gasteiger partial charge in [0.05, 0.1) is 16.6 Å². The van der Waals surface area contributed by atoms with Crippen molar-refractivity contribution < 1.29 is 23.3 Å². The molecule has 1 aromatic rings. The van der Waals surface area contributed by atoms with E-state index < -0.39 is 43.0 Å². The summed E-state index contributed by atoms with van der Waals surface area (Å²) in [7, 11) is -2.15. The van der Waals surface area contributed by atoms with Gasteiger partial charge in [0.25, 0.3) is 5.69 Å². The van der Waals surface area contributed by atoms with Crippen LogP contribution < -0.4 is 0 Å². The van der Waals surface area contributed by atoms with Gasteiger partial charge in [0, 0.05) is 6.20 Å². The summed E-state index contributed by atoms with van der Waals surface area (Å²) in [4.78, 5) is 26.8. The predicted octanol–water partition coefficient (Wildman–Crippen LogP) is 2.97. The number of Topliss-reactive ketones (excluding diaryl/α,β-unsaturated/α-hetero) is 1. The first kappa shape index (κ1) is 18.6. The number of aromatic nitrogens is 1. The molecule has 0 N–H and O–H groups in total. The minimum Gasteiger partial charge on any atom is -0.403 e. The molecule has 0 amide bonds. The Morgan fingerprint density at radius 2 is 2.08 bits per heavy atom. The summed E-state index contributed by atoms with van der Waals surface area (Å²) in [6.45, 7) is 8.81. The minimum absolute atomic E-state index is 0.00208. The van der Waals surface area contributed by atoms with Gasteiger partial charge in [-0.15, -0.1) is 0 Å². The van der Waals surface area contributed by atoms with Gasteiger partial charge in [-0.1, -0.05) is 0 Å². The van der Waals surface area contributed by atoms with Crippen LogP contribution in [0.4, 0.5) is 10.1 Å². The number of nitro groups is 1. The molecule has 0 aromatic carbocycles. The fraction of sp³-hybridized carbons (Fsp3) is 0.600. The van der Waals surface area contributed by atoms with Gasteiger partial charge in [0.1, 0.15) is 17.9 Å². The summed E-state index contributed by atoms with van der Waals surface area (Å²) >= 11 is 0. The second kappa shape index (κ2) is 6.30. The molecule has 1 aliphatic rings. The van der Waals surface area contributed by atoms with Gasteiger partial charge >= 0.3 is 0 Å². The Balaban J connectivity index is 2.40. The van der Waals surface area contributed by atoms with Crippen LogP contribution in [0.15, 0.2) is 18.5 Å². The fourth-order valence-electron chi connectivity index (χ4n) is 2.82. The number of pyridine rings is 1. The van der Waals surface area contributed by atoms with E-state index in [1.54, 1.807) is 6.92 Å². The maximum atomic E-state index is 14.8. The van der Waals surface area contributed by atoms with E-state index in [0.29, 0.717) is 0 Å². The molecular formula is C15H21FN2O5Si. The second-order valence-electron chi connectivity index (χ2n) is 6.98. The lowest BCUT2D eigenvalue weighted by Gasteiger charge is -2.45. The minimum atomic E-state index is -2.15. The molecule has 4 unspecified atom stereocenters. The first-order valence-electron chi connectivity index (χ1n) is 7.59. The Kier molecular flexibility index (Phi) is 4.89. The summed E-state index contributed by atoms with van der Waals surface area (Å²) in [6.07, 6.45) is -1.83. The zero-order chi connectivity index (χ0) is 18.3. The van der Waals surface area contributed by atoms with Crippen LogP contribution in [-0.4, -0.2) is 41.9 Å². The average Bonchev–Trinajstić information content (AvgIpc) is 2.47. The van der Waals surface area contributed by atoms with E-state index in [4.69, 9.17) is 9.16 Å². The Labute approximate surface area is 140 Å². The maximum Gasteiger partial charge on any atom is 0.293 e. The van der Waals surface area contributed by atoms with E-state index in [2.05, 4.69) is 4.98 Å². The third-order valence-corrected chi connectivity index (χ3v) is 5.02. The van der Waals surface area contributed by atoms with Gasteiger partial charge in [-0.3, -0.25) is 19.9 Å². The number of ketones is 1. The molecule has 0 radical (unpaired) electrons. The number of hydrogen-bond donors (Lipinski definition) is 0.